The first-order valence-corrected chi connectivity index (χ1v) is 7.29. The van der Waals surface area contributed by atoms with Gasteiger partial charge in [0, 0.05) is 0 Å². The van der Waals surface area contributed by atoms with Crippen LogP contribution in [0.3, 0.4) is 0 Å². The Morgan fingerprint density at radius 3 is 2.30 bits per heavy atom. The molecule has 20 heavy (non-hydrogen) atoms. The van der Waals surface area contributed by atoms with Crippen LogP contribution in [0.15, 0.2) is 24.3 Å². The summed E-state index contributed by atoms with van der Waals surface area (Å²) in [5, 5.41) is 9.78. The minimum atomic E-state index is -1.18. The summed E-state index contributed by atoms with van der Waals surface area (Å²) in [5.74, 6) is -0.00971. The summed E-state index contributed by atoms with van der Waals surface area (Å²) >= 11 is 0. The molecule has 0 heterocycles. The quantitative estimate of drug-likeness (QED) is 0.858. The third kappa shape index (κ3) is 3.40. The number of esters is 1. The second-order valence-corrected chi connectivity index (χ2v) is 6.53. The van der Waals surface area contributed by atoms with Crippen LogP contribution in [0.25, 0.3) is 0 Å². The van der Waals surface area contributed by atoms with Crippen molar-refractivity contribution in [3.05, 3.63) is 35.4 Å². The van der Waals surface area contributed by atoms with Gasteiger partial charge in [-0.3, -0.25) is 0 Å². The fourth-order valence-corrected chi connectivity index (χ4v) is 2.93. The van der Waals surface area contributed by atoms with Crippen LogP contribution in [-0.2, 0) is 9.53 Å². The molecule has 1 aromatic carbocycles. The molecule has 1 aromatic rings. The molecule has 0 amide bonds. The minimum absolute atomic E-state index is 0.470. The maximum absolute atomic E-state index is 11.3. The first-order valence-electron chi connectivity index (χ1n) is 7.29. The maximum atomic E-state index is 11.3. The number of carbonyl (C=O) groups excluding carboxylic acids is 1. The van der Waals surface area contributed by atoms with E-state index in [0.29, 0.717) is 16.9 Å². The second-order valence-electron chi connectivity index (χ2n) is 6.53. The first kappa shape index (κ1) is 15.0. The minimum Gasteiger partial charge on any atom is -0.467 e. The molecule has 0 saturated heterocycles. The van der Waals surface area contributed by atoms with E-state index in [1.165, 1.54) is 38.4 Å². The number of aliphatic hydroxyl groups excluding tert-OH is 1. The Kier molecular flexibility index (Phi) is 4.48. The van der Waals surface area contributed by atoms with Crippen LogP contribution < -0.4 is 0 Å². The second kappa shape index (κ2) is 5.96. The van der Waals surface area contributed by atoms with Crippen molar-refractivity contribution in [1.82, 2.24) is 0 Å². The van der Waals surface area contributed by atoms with Gasteiger partial charge in [0.1, 0.15) is 0 Å². The number of hydrogen-bond acceptors (Lipinski definition) is 3. The number of ether oxygens (including phenoxy) is 1. The molecule has 1 N–H and O–H groups in total. The molecular formula is C17H24O3. The van der Waals surface area contributed by atoms with E-state index in [4.69, 9.17) is 0 Å². The lowest BCUT2D eigenvalue weighted by Gasteiger charge is -2.34. The highest BCUT2D eigenvalue weighted by molar-refractivity contribution is 5.76. The highest BCUT2D eigenvalue weighted by Gasteiger charge is 2.27. The van der Waals surface area contributed by atoms with Gasteiger partial charge in [0.15, 0.2) is 6.10 Å². The Hall–Kier alpha value is -1.35. The predicted octanol–water partition coefficient (Wildman–Crippen LogP) is 3.58. The largest absolute Gasteiger partial charge is 0.467 e. The van der Waals surface area contributed by atoms with Crippen molar-refractivity contribution in [3.63, 3.8) is 0 Å². The van der Waals surface area contributed by atoms with Gasteiger partial charge in [0.25, 0.3) is 0 Å². The Bertz CT molecular complexity index is 452. The highest BCUT2D eigenvalue weighted by atomic mass is 16.5. The van der Waals surface area contributed by atoms with Crippen LogP contribution in [0.5, 0.6) is 0 Å². The van der Waals surface area contributed by atoms with Crippen LogP contribution >= 0.6 is 0 Å². The molecule has 0 radical (unpaired) electrons. The van der Waals surface area contributed by atoms with Gasteiger partial charge in [-0.15, -0.1) is 0 Å². The molecule has 1 saturated carbocycles. The zero-order chi connectivity index (χ0) is 14.8. The lowest BCUT2D eigenvalue weighted by molar-refractivity contribution is -0.150. The van der Waals surface area contributed by atoms with Gasteiger partial charge in [-0.25, -0.2) is 4.79 Å². The summed E-state index contributed by atoms with van der Waals surface area (Å²) < 4.78 is 4.55. The maximum Gasteiger partial charge on any atom is 0.339 e. The van der Waals surface area contributed by atoms with E-state index in [-0.39, 0.29) is 0 Å². The fraction of sp³-hybridized carbons (Fsp3) is 0.588. The molecule has 2 rings (SSSR count). The Labute approximate surface area is 121 Å². The number of methoxy groups -OCH3 is 1. The van der Waals surface area contributed by atoms with E-state index >= 15 is 0 Å². The third-order valence-corrected chi connectivity index (χ3v) is 4.49. The van der Waals surface area contributed by atoms with Crippen LogP contribution in [0.1, 0.15) is 62.7 Å². The molecule has 1 atom stereocenters. The SMILES string of the molecule is COC(=O)C(O)c1ccc(C2CCC(C)(C)CC2)cc1. The molecule has 1 aliphatic rings. The topological polar surface area (TPSA) is 46.5 Å². The number of aliphatic hydroxyl groups is 1. The van der Waals surface area contributed by atoms with E-state index < -0.39 is 12.1 Å². The highest BCUT2D eigenvalue weighted by Crippen LogP contribution is 2.42. The van der Waals surface area contributed by atoms with Crippen molar-refractivity contribution in [3.8, 4) is 0 Å². The molecule has 3 heteroatoms. The molecule has 0 aromatic heterocycles. The van der Waals surface area contributed by atoms with Crippen molar-refractivity contribution < 1.29 is 14.6 Å². The number of rotatable bonds is 3. The molecular weight excluding hydrogens is 252 g/mol. The van der Waals surface area contributed by atoms with Gasteiger partial charge in [0.2, 0.25) is 0 Å². The van der Waals surface area contributed by atoms with Crippen molar-refractivity contribution in [2.24, 2.45) is 5.41 Å². The van der Waals surface area contributed by atoms with Crippen molar-refractivity contribution in [1.29, 1.82) is 0 Å². The number of hydrogen-bond donors (Lipinski definition) is 1. The summed E-state index contributed by atoms with van der Waals surface area (Å²) in [7, 11) is 1.28. The fourth-order valence-electron chi connectivity index (χ4n) is 2.93. The van der Waals surface area contributed by atoms with Crippen molar-refractivity contribution in [2.45, 2.75) is 51.6 Å². The van der Waals surface area contributed by atoms with Gasteiger partial charge in [-0.05, 0) is 48.1 Å². The number of carbonyl (C=O) groups is 1. The van der Waals surface area contributed by atoms with E-state index in [1.807, 2.05) is 24.3 Å². The van der Waals surface area contributed by atoms with Gasteiger partial charge < -0.3 is 9.84 Å². The summed E-state index contributed by atoms with van der Waals surface area (Å²) in [5.41, 5.74) is 2.37. The van der Waals surface area contributed by atoms with Crippen molar-refractivity contribution >= 4 is 5.97 Å². The predicted molar refractivity (Wildman–Crippen MR) is 78.4 cm³/mol. The molecule has 3 nitrogen and oxygen atoms in total. The molecule has 0 bridgehead atoms. The molecule has 0 aliphatic heterocycles. The van der Waals surface area contributed by atoms with Gasteiger partial charge in [-0.1, -0.05) is 38.1 Å². The van der Waals surface area contributed by atoms with E-state index in [0.717, 1.165) is 0 Å². The van der Waals surface area contributed by atoms with Gasteiger partial charge in [-0.2, -0.15) is 0 Å². The number of benzene rings is 1. The molecule has 1 aliphatic carbocycles. The zero-order valence-corrected chi connectivity index (χ0v) is 12.6. The Morgan fingerprint density at radius 2 is 1.80 bits per heavy atom. The lowest BCUT2D eigenvalue weighted by Crippen LogP contribution is -2.20. The average Bonchev–Trinajstić information content (AvgIpc) is 2.46. The summed E-state index contributed by atoms with van der Waals surface area (Å²) in [6.07, 6.45) is 3.76. The van der Waals surface area contributed by atoms with E-state index in [1.54, 1.807) is 0 Å². The van der Waals surface area contributed by atoms with Crippen LogP contribution in [0.2, 0.25) is 0 Å². The first-order chi connectivity index (χ1) is 9.43. The molecule has 1 unspecified atom stereocenters. The van der Waals surface area contributed by atoms with Crippen LogP contribution in [0.4, 0.5) is 0 Å². The molecule has 1 fully saturated rings. The smallest absolute Gasteiger partial charge is 0.339 e. The summed E-state index contributed by atoms with van der Waals surface area (Å²) in [6, 6.07) is 7.72. The molecule has 0 spiro atoms. The normalized spacial score (nSPS) is 20.4. The Balaban J connectivity index is 2.04. The average molecular weight is 276 g/mol. The van der Waals surface area contributed by atoms with Gasteiger partial charge in [0.05, 0.1) is 7.11 Å². The van der Waals surface area contributed by atoms with Crippen molar-refractivity contribution in [2.75, 3.05) is 7.11 Å². The standard InChI is InChI=1S/C17H24O3/c1-17(2)10-8-13(9-11-17)12-4-6-14(7-5-12)15(18)16(19)20-3/h4-7,13,15,18H,8-11H2,1-3H3. The van der Waals surface area contributed by atoms with E-state index in [2.05, 4.69) is 18.6 Å². The van der Waals surface area contributed by atoms with E-state index in [9.17, 15) is 9.90 Å². The van der Waals surface area contributed by atoms with Gasteiger partial charge >= 0.3 is 5.97 Å². The Morgan fingerprint density at radius 1 is 1.25 bits per heavy atom. The van der Waals surface area contributed by atoms with Crippen LogP contribution in [0, 0.1) is 5.41 Å². The van der Waals surface area contributed by atoms with Crippen LogP contribution in [-0.4, -0.2) is 18.2 Å². The zero-order valence-electron chi connectivity index (χ0n) is 12.6. The monoisotopic (exact) mass is 276 g/mol. The third-order valence-electron chi connectivity index (χ3n) is 4.49. The summed E-state index contributed by atoms with van der Waals surface area (Å²) in [6.45, 7) is 4.66. The molecule has 110 valence electrons. The lowest BCUT2D eigenvalue weighted by atomic mass is 9.71. The summed E-state index contributed by atoms with van der Waals surface area (Å²) in [4.78, 5) is 11.3.